The molecule has 3 atom stereocenters. The van der Waals surface area contributed by atoms with E-state index in [1.54, 1.807) is 11.3 Å². The summed E-state index contributed by atoms with van der Waals surface area (Å²) in [5.74, 6) is -0.247. The highest BCUT2D eigenvalue weighted by Gasteiger charge is 2.47. The summed E-state index contributed by atoms with van der Waals surface area (Å²) in [5.41, 5.74) is 0. The van der Waals surface area contributed by atoms with Crippen LogP contribution >= 0.6 is 11.3 Å². The number of fused-ring (bicyclic) bond motifs is 1. The van der Waals surface area contributed by atoms with Crippen LogP contribution in [0.2, 0.25) is 0 Å². The predicted molar refractivity (Wildman–Crippen MR) is 96.8 cm³/mol. The lowest BCUT2D eigenvalue weighted by molar-refractivity contribution is -0.140. The van der Waals surface area contributed by atoms with Crippen molar-refractivity contribution < 1.29 is 14.4 Å². The number of nitrogens with one attached hydrogen (secondary N) is 1. The van der Waals surface area contributed by atoms with Gasteiger partial charge in [0.25, 0.3) is 0 Å². The average Bonchev–Trinajstić information content (AvgIpc) is 3.20. The molecule has 136 valence electrons. The molecule has 1 saturated carbocycles. The van der Waals surface area contributed by atoms with Crippen LogP contribution in [0, 0.1) is 17.8 Å². The molecule has 1 N–H and O–H groups in total. The fraction of sp³-hybridized carbons (Fsp3) is 0.632. The van der Waals surface area contributed by atoms with Crippen LogP contribution in [0.1, 0.15) is 56.9 Å². The van der Waals surface area contributed by atoms with Gasteiger partial charge >= 0.3 is 0 Å². The van der Waals surface area contributed by atoms with Crippen molar-refractivity contribution in [3.63, 3.8) is 0 Å². The van der Waals surface area contributed by atoms with Gasteiger partial charge in [0.15, 0.2) is 0 Å². The standard InChI is InChI=1S/C19H26N2O3S/c1-12(2)17(15-8-5-11-25-15)20-16(22)9-10-21-18(23)13-6-3-4-7-14(13)19(21)24/h5,8,11-14,17H,3-4,6-7,9-10H2,1-2H3,(H,20,22)/t13-,14+,17-/m0/s1. The molecular weight excluding hydrogens is 336 g/mol. The van der Waals surface area contributed by atoms with Crippen LogP contribution in [-0.2, 0) is 14.4 Å². The molecule has 0 unspecified atom stereocenters. The second-order valence-electron chi connectivity index (χ2n) is 7.38. The van der Waals surface area contributed by atoms with Crippen LogP contribution in [-0.4, -0.2) is 29.2 Å². The van der Waals surface area contributed by atoms with Gasteiger partial charge in [-0.15, -0.1) is 11.3 Å². The first-order valence-corrected chi connectivity index (χ1v) is 10.0. The van der Waals surface area contributed by atoms with E-state index in [1.165, 1.54) is 4.90 Å². The summed E-state index contributed by atoms with van der Waals surface area (Å²) in [7, 11) is 0. The summed E-state index contributed by atoms with van der Waals surface area (Å²) in [6.45, 7) is 4.34. The van der Waals surface area contributed by atoms with Gasteiger partial charge in [-0.25, -0.2) is 0 Å². The van der Waals surface area contributed by atoms with Crippen molar-refractivity contribution in [3.05, 3.63) is 22.4 Å². The average molecular weight is 362 g/mol. The molecule has 0 bridgehead atoms. The number of likely N-dealkylation sites (tertiary alicyclic amines) is 1. The normalized spacial score (nSPS) is 24.5. The molecule has 0 radical (unpaired) electrons. The first kappa shape index (κ1) is 18.1. The van der Waals surface area contributed by atoms with Gasteiger partial charge in [-0.3, -0.25) is 19.3 Å². The molecule has 3 rings (SSSR count). The fourth-order valence-electron chi connectivity index (χ4n) is 3.94. The molecule has 0 spiro atoms. The van der Waals surface area contributed by atoms with E-state index in [-0.39, 0.29) is 54.5 Å². The molecule has 6 heteroatoms. The lowest BCUT2D eigenvalue weighted by Gasteiger charge is -2.22. The van der Waals surface area contributed by atoms with Crippen molar-refractivity contribution in [3.8, 4) is 0 Å². The molecule has 1 aliphatic heterocycles. The van der Waals surface area contributed by atoms with Crippen molar-refractivity contribution in [1.29, 1.82) is 0 Å². The third-order valence-electron chi connectivity index (χ3n) is 5.33. The zero-order valence-electron chi connectivity index (χ0n) is 14.9. The largest absolute Gasteiger partial charge is 0.348 e. The molecule has 1 aliphatic carbocycles. The van der Waals surface area contributed by atoms with E-state index in [0.717, 1.165) is 30.6 Å². The van der Waals surface area contributed by atoms with Gasteiger partial charge < -0.3 is 5.32 Å². The Bertz CT molecular complexity index is 617. The van der Waals surface area contributed by atoms with E-state index in [1.807, 2.05) is 17.5 Å². The highest BCUT2D eigenvalue weighted by molar-refractivity contribution is 7.10. The zero-order chi connectivity index (χ0) is 18.0. The quantitative estimate of drug-likeness (QED) is 0.791. The monoisotopic (exact) mass is 362 g/mol. The summed E-state index contributed by atoms with van der Waals surface area (Å²) in [5, 5.41) is 5.06. The molecule has 2 aliphatic rings. The number of rotatable bonds is 6. The van der Waals surface area contributed by atoms with E-state index in [0.29, 0.717) is 0 Å². The molecule has 2 heterocycles. The molecule has 1 saturated heterocycles. The highest BCUT2D eigenvalue weighted by atomic mass is 32.1. The van der Waals surface area contributed by atoms with Crippen molar-refractivity contribution in [2.24, 2.45) is 17.8 Å². The van der Waals surface area contributed by atoms with Gasteiger partial charge in [0.05, 0.1) is 17.9 Å². The molecule has 5 nitrogen and oxygen atoms in total. The van der Waals surface area contributed by atoms with E-state index >= 15 is 0 Å². The molecular formula is C19H26N2O3S. The maximum Gasteiger partial charge on any atom is 0.233 e. The number of amides is 3. The van der Waals surface area contributed by atoms with Crippen LogP contribution in [0.25, 0.3) is 0 Å². The summed E-state index contributed by atoms with van der Waals surface area (Å²) >= 11 is 1.63. The Labute approximate surface area is 152 Å². The summed E-state index contributed by atoms with van der Waals surface area (Å²) in [6, 6.07) is 3.97. The third-order valence-corrected chi connectivity index (χ3v) is 6.28. The summed E-state index contributed by atoms with van der Waals surface area (Å²) in [4.78, 5) is 39.7. The lowest BCUT2D eigenvalue weighted by atomic mass is 9.81. The molecule has 2 fully saturated rings. The summed E-state index contributed by atoms with van der Waals surface area (Å²) in [6.07, 6.45) is 3.83. The summed E-state index contributed by atoms with van der Waals surface area (Å²) < 4.78 is 0. The Morgan fingerprint density at radius 1 is 1.24 bits per heavy atom. The van der Waals surface area contributed by atoms with Gasteiger partial charge in [-0.1, -0.05) is 32.8 Å². The first-order chi connectivity index (χ1) is 12.0. The maximum atomic E-state index is 12.5. The maximum absolute atomic E-state index is 12.5. The number of imide groups is 1. The number of carbonyl (C=O) groups is 3. The minimum atomic E-state index is -0.140. The second-order valence-corrected chi connectivity index (χ2v) is 8.36. The number of hydrogen-bond donors (Lipinski definition) is 1. The topological polar surface area (TPSA) is 66.5 Å². The van der Waals surface area contributed by atoms with Crippen molar-refractivity contribution >= 4 is 29.1 Å². The Kier molecular flexibility index (Phi) is 5.57. The van der Waals surface area contributed by atoms with E-state index in [2.05, 4.69) is 19.2 Å². The molecule has 3 amide bonds. The number of thiophene rings is 1. The Hall–Kier alpha value is -1.69. The SMILES string of the molecule is CC(C)[C@H](NC(=O)CCN1C(=O)[C@H]2CCCC[C@H]2C1=O)c1cccs1. The smallest absolute Gasteiger partial charge is 0.233 e. The van der Waals surface area contributed by atoms with E-state index < -0.39 is 0 Å². The first-order valence-electron chi connectivity index (χ1n) is 9.17. The third kappa shape index (κ3) is 3.78. The van der Waals surface area contributed by atoms with E-state index in [4.69, 9.17) is 0 Å². The van der Waals surface area contributed by atoms with Crippen LogP contribution in [0.15, 0.2) is 17.5 Å². The predicted octanol–water partition coefficient (Wildman–Crippen LogP) is 3.13. The minimum absolute atomic E-state index is 0.0277. The molecule has 0 aromatic carbocycles. The molecule has 1 aromatic heterocycles. The zero-order valence-corrected chi connectivity index (χ0v) is 15.7. The van der Waals surface area contributed by atoms with Gasteiger partial charge in [0.1, 0.15) is 0 Å². The van der Waals surface area contributed by atoms with Crippen LogP contribution in [0.3, 0.4) is 0 Å². The van der Waals surface area contributed by atoms with Crippen molar-refractivity contribution in [2.45, 2.75) is 52.0 Å². The Balaban J connectivity index is 1.57. The van der Waals surface area contributed by atoms with Crippen molar-refractivity contribution in [2.75, 3.05) is 6.54 Å². The minimum Gasteiger partial charge on any atom is -0.348 e. The van der Waals surface area contributed by atoms with Gasteiger partial charge in [0, 0.05) is 17.8 Å². The van der Waals surface area contributed by atoms with Gasteiger partial charge in [-0.05, 0) is 30.2 Å². The second kappa shape index (κ2) is 7.68. The fourth-order valence-corrected chi connectivity index (χ4v) is 4.89. The lowest BCUT2D eigenvalue weighted by Crippen LogP contribution is -2.37. The molecule has 1 aromatic rings. The number of nitrogens with zero attached hydrogens (tertiary/aromatic N) is 1. The Morgan fingerprint density at radius 3 is 2.40 bits per heavy atom. The van der Waals surface area contributed by atoms with Crippen molar-refractivity contribution in [1.82, 2.24) is 10.2 Å². The number of hydrogen-bond acceptors (Lipinski definition) is 4. The van der Waals surface area contributed by atoms with Gasteiger partial charge in [-0.2, -0.15) is 0 Å². The van der Waals surface area contributed by atoms with E-state index in [9.17, 15) is 14.4 Å². The Morgan fingerprint density at radius 2 is 1.88 bits per heavy atom. The number of carbonyl (C=O) groups excluding carboxylic acids is 3. The van der Waals surface area contributed by atoms with Crippen LogP contribution in [0.5, 0.6) is 0 Å². The van der Waals surface area contributed by atoms with Gasteiger partial charge in [0.2, 0.25) is 17.7 Å². The van der Waals surface area contributed by atoms with Crippen LogP contribution in [0.4, 0.5) is 0 Å². The highest BCUT2D eigenvalue weighted by Crippen LogP contribution is 2.38. The van der Waals surface area contributed by atoms with Crippen LogP contribution < -0.4 is 5.32 Å². The molecule has 25 heavy (non-hydrogen) atoms.